The van der Waals surface area contributed by atoms with Crippen LogP contribution in [-0.4, -0.2) is 30.5 Å². The van der Waals surface area contributed by atoms with E-state index in [-0.39, 0.29) is 19.1 Å². The van der Waals surface area contributed by atoms with E-state index in [1.54, 1.807) is 48.5 Å². The molecule has 3 amide bonds. The molecule has 3 rings (SSSR count). The lowest BCUT2D eigenvalue weighted by atomic mass is 10.2. The second-order valence-corrected chi connectivity index (χ2v) is 7.22. The lowest BCUT2D eigenvalue weighted by Gasteiger charge is -2.08. The average Bonchev–Trinajstić information content (AvgIpc) is 2.82. The van der Waals surface area contributed by atoms with Gasteiger partial charge in [-0.05, 0) is 53.6 Å². The largest absolute Gasteiger partial charge is 0.484 e. The fourth-order valence-electron chi connectivity index (χ4n) is 2.64. The van der Waals surface area contributed by atoms with E-state index in [0.29, 0.717) is 22.0 Å². The molecule has 0 aliphatic carbocycles. The van der Waals surface area contributed by atoms with Crippen molar-refractivity contribution < 1.29 is 19.1 Å². The lowest BCUT2D eigenvalue weighted by molar-refractivity contribution is -0.139. The normalized spacial score (nSPS) is 10.5. The third-order valence-electron chi connectivity index (χ3n) is 4.24. The van der Waals surface area contributed by atoms with Crippen LogP contribution in [0.4, 0.5) is 5.69 Å². The highest BCUT2D eigenvalue weighted by Gasteiger charge is 2.11. The minimum absolute atomic E-state index is 0.173. The first kappa shape index (κ1) is 23.5. The zero-order valence-electron chi connectivity index (χ0n) is 17.5. The number of nitrogens with one attached hydrogen (secondary N) is 3. The van der Waals surface area contributed by atoms with Crippen LogP contribution in [0.3, 0.4) is 0 Å². The number of hydrazone groups is 1. The summed E-state index contributed by atoms with van der Waals surface area (Å²) >= 11 is 5.89. The van der Waals surface area contributed by atoms with Crippen molar-refractivity contribution in [1.29, 1.82) is 0 Å². The molecular formula is C24H21ClN4O4. The number of nitrogens with zero attached hydrogens (tertiary/aromatic N) is 1. The predicted molar refractivity (Wildman–Crippen MR) is 126 cm³/mol. The van der Waals surface area contributed by atoms with Gasteiger partial charge in [-0.1, -0.05) is 48.0 Å². The zero-order chi connectivity index (χ0) is 23.5. The van der Waals surface area contributed by atoms with Crippen LogP contribution in [-0.2, 0) is 20.9 Å². The van der Waals surface area contributed by atoms with Gasteiger partial charge in [-0.3, -0.25) is 14.4 Å². The molecule has 0 bridgehead atoms. The van der Waals surface area contributed by atoms with Crippen LogP contribution < -0.4 is 20.8 Å². The average molecular weight is 465 g/mol. The molecule has 0 unspecified atom stereocenters. The second kappa shape index (κ2) is 12.0. The SMILES string of the molecule is O=C(COc1ccc(/C=N\NC(=O)C(=O)NCc2ccccc2)cc1)Nc1cccc(Cl)c1. The number of anilines is 1. The van der Waals surface area contributed by atoms with E-state index in [1.807, 2.05) is 30.3 Å². The maximum Gasteiger partial charge on any atom is 0.329 e. The Labute approximate surface area is 195 Å². The van der Waals surface area contributed by atoms with E-state index in [2.05, 4.69) is 21.2 Å². The number of hydrogen-bond acceptors (Lipinski definition) is 5. The van der Waals surface area contributed by atoms with Gasteiger partial charge in [0.1, 0.15) is 5.75 Å². The zero-order valence-corrected chi connectivity index (χ0v) is 18.2. The summed E-state index contributed by atoms with van der Waals surface area (Å²) in [6.07, 6.45) is 1.39. The van der Waals surface area contributed by atoms with E-state index in [9.17, 15) is 14.4 Å². The van der Waals surface area contributed by atoms with Gasteiger partial charge in [-0.25, -0.2) is 5.43 Å². The summed E-state index contributed by atoms with van der Waals surface area (Å²) in [5.74, 6) is -1.49. The maximum absolute atomic E-state index is 12.0. The quantitative estimate of drug-likeness (QED) is 0.270. The Hall–Kier alpha value is -4.17. The number of carbonyl (C=O) groups excluding carboxylic acids is 3. The minimum atomic E-state index is -0.868. The Morgan fingerprint density at radius 2 is 1.67 bits per heavy atom. The van der Waals surface area contributed by atoms with Gasteiger partial charge in [-0.2, -0.15) is 5.10 Å². The van der Waals surface area contributed by atoms with E-state index in [4.69, 9.17) is 16.3 Å². The van der Waals surface area contributed by atoms with Crippen molar-refractivity contribution >= 4 is 41.2 Å². The molecule has 3 N–H and O–H groups in total. The Morgan fingerprint density at radius 1 is 0.909 bits per heavy atom. The summed E-state index contributed by atoms with van der Waals surface area (Å²) in [7, 11) is 0. The van der Waals surface area contributed by atoms with Crippen LogP contribution >= 0.6 is 11.6 Å². The van der Waals surface area contributed by atoms with Crippen molar-refractivity contribution in [3.63, 3.8) is 0 Å². The summed E-state index contributed by atoms with van der Waals surface area (Å²) in [4.78, 5) is 35.6. The van der Waals surface area contributed by atoms with Crippen LogP contribution in [0, 0.1) is 0 Å². The maximum atomic E-state index is 12.0. The first-order chi connectivity index (χ1) is 16.0. The minimum Gasteiger partial charge on any atom is -0.484 e. The molecule has 0 saturated heterocycles. The number of carbonyl (C=O) groups is 3. The number of hydrogen-bond donors (Lipinski definition) is 3. The van der Waals surface area contributed by atoms with Gasteiger partial charge < -0.3 is 15.4 Å². The number of benzene rings is 3. The van der Waals surface area contributed by atoms with Crippen molar-refractivity contribution in [2.24, 2.45) is 5.10 Å². The van der Waals surface area contributed by atoms with Gasteiger partial charge >= 0.3 is 11.8 Å². The molecule has 9 heteroatoms. The summed E-state index contributed by atoms with van der Waals surface area (Å²) in [5, 5.41) is 9.50. The summed E-state index contributed by atoms with van der Waals surface area (Å²) in [5.41, 5.74) is 4.30. The smallest absolute Gasteiger partial charge is 0.329 e. The molecule has 33 heavy (non-hydrogen) atoms. The molecule has 8 nitrogen and oxygen atoms in total. The van der Waals surface area contributed by atoms with Crippen molar-refractivity contribution in [3.8, 4) is 5.75 Å². The Morgan fingerprint density at radius 3 is 2.39 bits per heavy atom. The lowest BCUT2D eigenvalue weighted by Crippen LogP contribution is -2.37. The number of ether oxygens (including phenoxy) is 1. The highest BCUT2D eigenvalue weighted by Crippen LogP contribution is 2.15. The van der Waals surface area contributed by atoms with E-state index in [0.717, 1.165) is 5.56 Å². The van der Waals surface area contributed by atoms with Gasteiger partial charge in [0.15, 0.2) is 6.61 Å². The molecule has 0 aliphatic rings. The molecule has 3 aromatic rings. The monoisotopic (exact) mass is 464 g/mol. The number of halogens is 1. The van der Waals surface area contributed by atoms with Crippen LogP contribution in [0.2, 0.25) is 5.02 Å². The molecule has 0 radical (unpaired) electrons. The van der Waals surface area contributed by atoms with Gasteiger partial charge in [0.05, 0.1) is 6.21 Å². The molecule has 168 valence electrons. The van der Waals surface area contributed by atoms with Crippen LogP contribution in [0.5, 0.6) is 5.75 Å². The van der Waals surface area contributed by atoms with Gasteiger partial charge in [-0.15, -0.1) is 0 Å². The molecule has 0 spiro atoms. The molecule has 0 saturated carbocycles. The first-order valence-corrected chi connectivity index (χ1v) is 10.3. The van der Waals surface area contributed by atoms with Crippen molar-refractivity contribution in [2.75, 3.05) is 11.9 Å². The molecule has 0 fully saturated rings. The third-order valence-corrected chi connectivity index (χ3v) is 4.48. The summed E-state index contributed by atoms with van der Waals surface area (Å²) < 4.78 is 5.45. The molecular weight excluding hydrogens is 444 g/mol. The van der Waals surface area contributed by atoms with Crippen LogP contribution in [0.15, 0.2) is 84.0 Å². The van der Waals surface area contributed by atoms with E-state index >= 15 is 0 Å². The molecule has 3 aromatic carbocycles. The number of rotatable bonds is 8. The fourth-order valence-corrected chi connectivity index (χ4v) is 2.83. The number of amides is 3. The van der Waals surface area contributed by atoms with Crippen molar-refractivity contribution in [1.82, 2.24) is 10.7 Å². The third kappa shape index (κ3) is 8.12. The summed E-state index contributed by atoms with van der Waals surface area (Å²) in [6.45, 7) is 0.0729. The van der Waals surface area contributed by atoms with Crippen LogP contribution in [0.25, 0.3) is 0 Å². The second-order valence-electron chi connectivity index (χ2n) is 6.78. The van der Waals surface area contributed by atoms with E-state index in [1.165, 1.54) is 6.21 Å². The van der Waals surface area contributed by atoms with Gasteiger partial charge in [0, 0.05) is 17.3 Å². The Balaban J connectivity index is 1.39. The topological polar surface area (TPSA) is 109 Å². The summed E-state index contributed by atoms with van der Waals surface area (Å²) in [6, 6.07) is 22.7. The standard InChI is InChI=1S/C24H21ClN4O4/c25-19-7-4-8-20(13-19)28-22(30)16-33-21-11-9-18(10-12-21)15-27-29-24(32)23(31)26-14-17-5-2-1-3-6-17/h1-13,15H,14,16H2,(H,26,31)(H,28,30)(H,29,32)/b27-15-. The van der Waals surface area contributed by atoms with Crippen LogP contribution in [0.1, 0.15) is 11.1 Å². The van der Waals surface area contributed by atoms with E-state index < -0.39 is 11.8 Å². The Kier molecular flexibility index (Phi) is 8.55. The van der Waals surface area contributed by atoms with Gasteiger partial charge in [0.25, 0.3) is 5.91 Å². The highest BCUT2D eigenvalue weighted by atomic mass is 35.5. The molecule has 0 aliphatic heterocycles. The highest BCUT2D eigenvalue weighted by molar-refractivity contribution is 6.35. The molecule has 0 heterocycles. The fraction of sp³-hybridized carbons (Fsp3) is 0.0833. The molecule has 0 aromatic heterocycles. The van der Waals surface area contributed by atoms with Gasteiger partial charge in [0.2, 0.25) is 0 Å². The molecule has 0 atom stereocenters. The predicted octanol–water partition coefficient (Wildman–Crippen LogP) is 3.12. The van der Waals surface area contributed by atoms with Crippen molar-refractivity contribution in [2.45, 2.75) is 6.54 Å². The first-order valence-electron chi connectivity index (χ1n) is 9.93. The Bertz CT molecular complexity index is 1130. The van der Waals surface area contributed by atoms with Crippen molar-refractivity contribution in [3.05, 3.63) is 95.0 Å².